The Balaban J connectivity index is 1.90. The zero-order valence-electron chi connectivity index (χ0n) is 48.2. The molecule has 2 aromatic rings. The van der Waals surface area contributed by atoms with Crippen LogP contribution in [0.4, 0.5) is 4.79 Å². The van der Waals surface area contributed by atoms with Crippen molar-refractivity contribution in [2.75, 3.05) is 31.7 Å². The third kappa shape index (κ3) is 25.4. The molecule has 0 bridgehead atoms. The molecule has 0 fully saturated rings. The van der Waals surface area contributed by atoms with Crippen LogP contribution in [0.15, 0.2) is 58.5 Å². The largest absolute Gasteiger partial charge is 0.481 e. The predicted octanol–water partition coefficient (Wildman–Crippen LogP) is -2.68. The van der Waals surface area contributed by atoms with Crippen LogP contribution in [0.25, 0.3) is 11.1 Å². The number of alkyl carbamates (subject to hydrolysis) is 1. The summed E-state index contributed by atoms with van der Waals surface area (Å²) in [5.41, 5.74) is 25.4. The first-order chi connectivity index (χ1) is 41.6. The average molecular weight is 1260 g/mol. The Morgan fingerprint density at radius 2 is 0.830 bits per heavy atom. The van der Waals surface area contributed by atoms with E-state index in [1.54, 1.807) is 6.26 Å². The van der Waals surface area contributed by atoms with Crippen molar-refractivity contribution in [3.63, 3.8) is 0 Å². The van der Waals surface area contributed by atoms with Gasteiger partial charge in [-0.05, 0) is 92.6 Å². The molecular formula is C54H76N14O19S. The highest BCUT2D eigenvalue weighted by Gasteiger charge is 2.36. The normalized spacial score (nSPS) is 14.0. The number of nitrogens with one attached hydrogen (secondary N) is 8. The number of carbonyl (C=O) groups is 13. The minimum absolute atomic E-state index is 0.0104. The van der Waals surface area contributed by atoms with Crippen LogP contribution in [0, 0.1) is 0 Å². The molecule has 0 aliphatic heterocycles. The number of fused-ring (bicyclic) bond motifs is 3. The number of guanidine groups is 2. The third-order valence-corrected chi connectivity index (χ3v) is 13.9. The Labute approximate surface area is 508 Å². The van der Waals surface area contributed by atoms with Crippen molar-refractivity contribution < 1.29 is 92.6 Å². The predicted molar refractivity (Wildman–Crippen MR) is 315 cm³/mol. The molecule has 0 spiro atoms. The summed E-state index contributed by atoms with van der Waals surface area (Å²) in [5.74, 6) is -16.1. The van der Waals surface area contributed by atoms with Gasteiger partial charge in [-0.3, -0.25) is 62.7 Å². The van der Waals surface area contributed by atoms with Crippen molar-refractivity contribution in [3.05, 3.63) is 59.7 Å². The molecule has 1 aliphatic rings. The second-order valence-corrected chi connectivity index (χ2v) is 21.0. The van der Waals surface area contributed by atoms with Crippen LogP contribution in [-0.4, -0.2) is 195 Å². The van der Waals surface area contributed by atoms with Gasteiger partial charge < -0.3 is 95.7 Å². The van der Waals surface area contributed by atoms with Gasteiger partial charge in [0.1, 0.15) is 54.9 Å². The van der Waals surface area contributed by atoms with Crippen molar-refractivity contribution in [3.8, 4) is 11.1 Å². The molecule has 34 heteroatoms. The molecule has 2 aromatic carbocycles. The Kier molecular flexibility index (Phi) is 30.4. The van der Waals surface area contributed by atoms with E-state index in [1.807, 2.05) is 53.8 Å². The number of rotatable bonds is 40. The molecular weight excluding hydrogens is 1180 g/mol. The summed E-state index contributed by atoms with van der Waals surface area (Å²) in [4.78, 5) is 177. The maximum atomic E-state index is 14.3. The van der Waals surface area contributed by atoms with E-state index in [2.05, 4.69) is 47.2 Å². The van der Waals surface area contributed by atoms with E-state index in [9.17, 15) is 82.8 Å². The number of carboxylic acid groups (broad SMARTS) is 5. The molecule has 482 valence electrons. The minimum Gasteiger partial charge on any atom is -0.481 e. The number of hydrogen-bond donors (Lipinski definition) is 17. The molecule has 8 amide bonds. The Morgan fingerprint density at radius 1 is 0.477 bits per heavy atom. The highest BCUT2D eigenvalue weighted by molar-refractivity contribution is 7.98. The van der Waals surface area contributed by atoms with Crippen LogP contribution in [0.5, 0.6) is 0 Å². The molecule has 0 unspecified atom stereocenters. The molecule has 0 saturated carbocycles. The number of benzene rings is 2. The highest BCUT2D eigenvalue weighted by atomic mass is 32.2. The lowest BCUT2D eigenvalue weighted by molar-refractivity contribution is -0.147. The van der Waals surface area contributed by atoms with E-state index in [0.29, 0.717) is 0 Å². The van der Waals surface area contributed by atoms with Crippen molar-refractivity contribution in [2.24, 2.45) is 32.9 Å². The first kappa shape index (κ1) is 72.5. The molecule has 3 rings (SSSR count). The minimum atomic E-state index is -1.89. The van der Waals surface area contributed by atoms with Crippen LogP contribution in [0.1, 0.15) is 101 Å². The number of carbonyl (C=O) groups excluding carboxylic acids is 8. The summed E-state index contributed by atoms with van der Waals surface area (Å²) in [6, 6.07) is 1.53. The van der Waals surface area contributed by atoms with Gasteiger partial charge in [-0.2, -0.15) is 11.8 Å². The molecule has 1 aliphatic carbocycles. The van der Waals surface area contributed by atoms with E-state index in [0.717, 1.165) is 29.2 Å². The van der Waals surface area contributed by atoms with E-state index in [4.69, 9.17) is 32.8 Å². The number of ether oxygens (including phenoxy) is 1. The number of aliphatic imine (C=N–C) groups is 2. The molecule has 0 aromatic heterocycles. The van der Waals surface area contributed by atoms with Gasteiger partial charge in [0.25, 0.3) is 0 Å². The van der Waals surface area contributed by atoms with Gasteiger partial charge in [0.15, 0.2) is 11.9 Å². The Morgan fingerprint density at radius 3 is 1.19 bits per heavy atom. The highest BCUT2D eigenvalue weighted by Crippen LogP contribution is 2.44. The van der Waals surface area contributed by atoms with Crippen LogP contribution < -0.4 is 65.5 Å². The van der Waals surface area contributed by atoms with Crippen molar-refractivity contribution in [1.82, 2.24) is 42.5 Å². The van der Waals surface area contributed by atoms with Gasteiger partial charge in [0.05, 0.1) is 6.42 Å². The number of carboxylic acids is 5. The van der Waals surface area contributed by atoms with E-state index >= 15 is 0 Å². The number of amides is 8. The SMILES string of the molecule is CSCC[C@H](NC(=O)[C@H](CCC(=O)O)NC(=O)[C@H](CCC(=O)O)NC(=O)OCC1c2ccccc2-c2ccccc21)C(=O)N[C@@H](CCC(=O)O)C(=O)N[C@@H](CCCN=C(N)N)C(=O)N[C@@H](CCCN=C(N)N)C(=O)N[C@@H](C)C(=O)N[C@@H](CC(=O)O)C(=O)O. The molecule has 21 N–H and O–H groups in total. The zero-order chi connectivity index (χ0) is 65.6. The second kappa shape index (κ2) is 36.9. The van der Waals surface area contributed by atoms with Crippen molar-refractivity contribution in [2.45, 2.75) is 138 Å². The van der Waals surface area contributed by atoms with Crippen LogP contribution in [0.3, 0.4) is 0 Å². The summed E-state index contributed by atoms with van der Waals surface area (Å²) >= 11 is 1.20. The van der Waals surface area contributed by atoms with Gasteiger partial charge in [0, 0.05) is 38.3 Å². The molecule has 88 heavy (non-hydrogen) atoms. The zero-order valence-corrected chi connectivity index (χ0v) is 49.0. The monoisotopic (exact) mass is 1260 g/mol. The van der Waals surface area contributed by atoms with E-state index < -0.39 is 176 Å². The molecule has 0 heterocycles. The van der Waals surface area contributed by atoms with Gasteiger partial charge in [-0.25, -0.2) is 9.59 Å². The standard InChI is InChI=1S/C54H76N14O19S/c1-27(44(77)67-39(51(84)85)25-43(75)76)61-45(78)33(13-7-22-59-52(55)56)62-46(79)34(14-8-23-60-53(57)58)63-47(80)35(15-18-40(69)70)65-50(83)38(21-24-88-2)66-48(81)36(16-19-41(71)72)64-49(82)37(17-20-42(73)74)68-54(86)87-26-32-30-11-5-3-9-28(30)29-10-4-6-12-31(29)32/h3-6,9-12,27,32-39H,7-8,13-26H2,1-2H3,(H,61,78)(H,62,79)(H,63,80)(H,64,82)(H,65,83)(H,66,81)(H,67,77)(H,68,86)(H,69,70)(H,71,72)(H,73,74)(H,75,76)(H,84,85)(H4,55,56,59)(H4,57,58,60)/t27-,33-,34-,35-,36-,37-,38-,39-/m0/s1. The number of thioether (sulfide) groups is 1. The lowest BCUT2D eigenvalue weighted by Gasteiger charge is -2.28. The fourth-order valence-corrected chi connectivity index (χ4v) is 9.33. The fourth-order valence-electron chi connectivity index (χ4n) is 8.85. The van der Waals surface area contributed by atoms with Gasteiger partial charge in [0.2, 0.25) is 41.4 Å². The maximum absolute atomic E-state index is 14.3. The number of nitrogens with two attached hydrogens (primary N) is 4. The average Bonchev–Trinajstić information content (AvgIpc) is 2.20. The van der Waals surface area contributed by atoms with E-state index in [-0.39, 0.29) is 69.5 Å². The fraction of sp³-hybridized carbons (Fsp3) is 0.500. The Bertz CT molecular complexity index is 2860. The van der Waals surface area contributed by atoms with Gasteiger partial charge in [-0.1, -0.05) is 48.5 Å². The summed E-state index contributed by atoms with van der Waals surface area (Å²) in [6.07, 6.45) is -5.14. The van der Waals surface area contributed by atoms with Crippen molar-refractivity contribution >= 4 is 101 Å². The quantitative estimate of drug-likeness (QED) is 0.0184. The first-order valence-corrected chi connectivity index (χ1v) is 28.9. The Hall–Kier alpha value is -9.76. The number of nitrogens with zero attached hydrogens (tertiary/aromatic N) is 2. The first-order valence-electron chi connectivity index (χ1n) is 27.6. The number of aliphatic carboxylic acids is 5. The van der Waals surface area contributed by atoms with Crippen LogP contribution in [-0.2, 0) is 62.3 Å². The molecule has 33 nitrogen and oxygen atoms in total. The summed E-state index contributed by atoms with van der Waals surface area (Å²) in [5, 5.41) is 66.0. The summed E-state index contributed by atoms with van der Waals surface area (Å²) in [6.45, 7) is 0.750. The summed E-state index contributed by atoms with van der Waals surface area (Å²) < 4.78 is 5.57. The maximum Gasteiger partial charge on any atom is 0.407 e. The molecule has 0 radical (unpaired) electrons. The van der Waals surface area contributed by atoms with Crippen LogP contribution in [0.2, 0.25) is 0 Å². The van der Waals surface area contributed by atoms with Crippen molar-refractivity contribution in [1.29, 1.82) is 0 Å². The second-order valence-electron chi connectivity index (χ2n) is 20.0. The van der Waals surface area contributed by atoms with Crippen LogP contribution >= 0.6 is 11.8 Å². The molecule has 0 saturated heterocycles. The topological polar surface area (TPSA) is 557 Å². The molecule has 8 atom stereocenters. The van der Waals surface area contributed by atoms with Gasteiger partial charge >= 0.3 is 35.9 Å². The smallest absolute Gasteiger partial charge is 0.407 e. The summed E-state index contributed by atoms with van der Waals surface area (Å²) in [7, 11) is 0. The lowest BCUT2D eigenvalue weighted by atomic mass is 9.98. The third-order valence-electron chi connectivity index (χ3n) is 13.3. The number of hydrogen-bond acceptors (Lipinski definition) is 17. The lowest BCUT2D eigenvalue weighted by Crippen LogP contribution is -2.60. The van der Waals surface area contributed by atoms with E-state index in [1.165, 1.54) is 11.8 Å². The van der Waals surface area contributed by atoms with Gasteiger partial charge in [-0.15, -0.1) is 0 Å².